The second-order valence-corrected chi connectivity index (χ2v) is 4.23. The van der Waals surface area contributed by atoms with Crippen LogP contribution in [0.4, 0.5) is 13.2 Å². The number of nitrogens with zero attached hydrogens (tertiary/aromatic N) is 2. The van der Waals surface area contributed by atoms with Crippen LogP contribution in [0.3, 0.4) is 0 Å². The molecule has 1 aromatic heterocycles. The Balaban J connectivity index is 2.13. The molecule has 3 nitrogen and oxygen atoms in total. The van der Waals surface area contributed by atoms with Gasteiger partial charge in [0.25, 0.3) is 0 Å². The Labute approximate surface area is 109 Å². The van der Waals surface area contributed by atoms with Crippen molar-refractivity contribution in [1.29, 1.82) is 0 Å². The van der Waals surface area contributed by atoms with Crippen molar-refractivity contribution in [2.45, 2.75) is 6.18 Å². The van der Waals surface area contributed by atoms with Crippen LogP contribution in [0.5, 0.6) is 11.6 Å². The molecule has 2 aromatic rings. The minimum Gasteiger partial charge on any atom is -0.438 e. The van der Waals surface area contributed by atoms with Gasteiger partial charge in [-0.15, -0.1) is 10.2 Å². The Morgan fingerprint density at radius 2 is 1.61 bits per heavy atom. The van der Waals surface area contributed by atoms with Gasteiger partial charge in [-0.05, 0) is 30.3 Å². The summed E-state index contributed by atoms with van der Waals surface area (Å²) in [6.45, 7) is 0. The zero-order valence-corrected chi connectivity index (χ0v) is 10.4. The van der Waals surface area contributed by atoms with Crippen LogP contribution in [0.15, 0.2) is 40.9 Å². The summed E-state index contributed by atoms with van der Waals surface area (Å²) in [6.07, 6.45) is -4.50. The average molecular weight is 319 g/mol. The van der Waals surface area contributed by atoms with Crippen molar-refractivity contribution < 1.29 is 17.9 Å². The van der Waals surface area contributed by atoms with E-state index in [2.05, 4.69) is 26.1 Å². The maximum atomic E-state index is 12.2. The van der Waals surface area contributed by atoms with Crippen molar-refractivity contribution >= 4 is 15.9 Å². The molecule has 0 N–H and O–H groups in total. The van der Waals surface area contributed by atoms with Crippen molar-refractivity contribution in [3.8, 4) is 11.6 Å². The predicted octanol–water partition coefficient (Wildman–Crippen LogP) is 4.05. The molecule has 0 aliphatic rings. The van der Waals surface area contributed by atoms with E-state index in [0.717, 1.165) is 16.6 Å². The first kappa shape index (κ1) is 12.8. The summed E-state index contributed by atoms with van der Waals surface area (Å²) in [5.74, 6) is 0.470. The summed E-state index contributed by atoms with van der Waals surface area (Å²) in [5.41, 5.74) is -1.05. The number of halogens is 4. The molecule has 7 heteroatoms. The number of hydrogen-bond acceptors (Lipinski definition) is 3. The fourth-order valence-electron chi connectivity index (χ4n) is 1.15. The molecule has 18 heavy (non-hydrogen) atoms. The highest BCUT2D eigenvalue weighted by atomic mass is 79.9. The van der Waals surface area contributed by atoms with Crippen LogP contribution in [0.25, 0.3) is 0 Å². The van der Waals surface area contributed by atoms with Gasteiger partial charge in [0.05, 0.1) is 0 Å². The van der Waals surface area contributed by atoms with Gasteiger partial charge in [0, 0.05) is 10.5 Å². The van der Waals surface area contributed by atoms with Crippen molar-refractivity contribution in [3.05, 3.63) is 46.6 Å². The van der Waals surface area contributed by atoms with Crippen LogP contribution in [-0.2, 0) is 6.18 Å². The number of rotatable bonds is 2. The van der Waals surface area contributed by atoms with Crippen LogP contribution in [-0.4, -0.2) is 10.2 Å². The Bertz CT molecular complexity index is 525. The Hall–Kier alpha value is -1.63. The van der Waals surface area contributed by atoms with Gasteiger partial charge in [-0.1, -0.05) is 15.9 Å². The fraction of sp³-hybridized carbons (Fsp3) is 0.0909. The lowest BCUT2D eigenvalue weighted by Gasteiger charge is -2.06. The lowest BCUT2D eigenvalue weighted by atomic mass is 10.3. The smallest absolute Gasteiger partial charge is 0.435 e. The molecule has 0 saturated carbocycles. The van der Waals surface area contributed by atoms with Crippen LogP contribution in [0, 0.1) is 0 Å². The first-order chi connectivity index (χ1) is 8.45. The Morgan fingerprint density at radius 3 is 2.11 bits per heavy atom. The molecule has 0 radical (unpaired) electrons. The van der Waals surface area contributed by atoms with Crippen LogP contribution in [0.2, 0.25) is 0 Å². The third-order valence-corrected chi connectivity index (χ3v) is 2.50. The minimum atomic E-state index is -4.50. The van der Waals surface area contributed by atoms with Crippen LogP contribution >= 0.6 is 15.9 Å². The Morgan fingerprint density at radius 1 is 0.944 bits per heavy atom. The molecular weight excluding hydrogens is 313 g/mol. The molecule has 0 aliphatic heterocycles. The molecule has 0 bridgehead atoms. The quantitative estimate of drug-likeness (QED) is 0.837. The first-order valence-electron chi connectivity index (χ1n) is 4.79. The number of aromatic nitrogens is 2. The Kier molecular flexibility index (Phi) is 3.51. The second kappa shape index (κ2) is 4.93. The summed E-state index contributed by atoms with van der Waals surface area (Å²) in [7, 11) is 0. The van der Waals surface area contributed by atoms with E-state index in [9.17, 15) is 13.2 Å². The van der Waals surface area contributed by atoms with Gasteiger partial charge in [-0.25, -0.2) is 0 Å². The molecule has 0 fully saturated rings. The molecule has 0 aliphatic carbocycles. The number of alkyl halides is 3. The summed E-state index contributed by atoms with van der Waals surface area (Å²) >= 11 is 3.25. The predicted molar refractivity (Wildman–Crippen MR) is 61.3 cm³/mol. The van der Waals surface area contributed by atoms with E-state index in [-0.39, 0.29) is 5.88 Å². The molecule has 0 saturated heterocycles. The van der Waals surface area contributed by atoms with E-state index in [4.69, 9.17) is 4.74 Å². The van der Waals surface area contributed by atoms with E-state index in [1.165, 1.54) is 0 Å². The van der Waals surface area contributed by atoms with Gasteiger partial charge in [0.2, 0.25) is 5.88 Å². The van der Waals surface area contributed by atoms with Gasteiger partial charge < -0.3 is 4.74 Å². The highest BCUT2D eigenvalue weighted by molar-refractivity contribution is 9.10. The zero-order valence-electron chi connectivity index (χ0n) is 8.78. The minimum absolute atomic E-state index is 0.00493. The third kappa shape index (κ3) is 3.19. The third-order valence-electron chi connectivity index (χ3n) is 1.97. The summed E-state index contributed by atoms with van der Waals surface area (Å²) in [6, 6.07) is 8.74. The number of ether oxygens (including phenoxy) is 1. The lowest BCUT2D eigenvalue weighted by molar-refractivity contribution is -0.141. The van der Waals surface area contributed by atoms with Crippen molar-refractivity contribution in [2.75, 3.05) is 0 Å². The van der Waals surface area contributed by atoms with Crippen molar-refractivity contribution in [1.82, 2.24) is 10.2 Å². The van der Waals surface area contributed by atoms with E-state index >= 15 is 0 Å². The first-order valence-corrected chi connectivity index (χ1v) is 5.59. The standard InChI is InChI=1S/C11H6BrF3N2O/c12-7-1-3-8(4-2-7)18-10-6-5-9(16-17-10)11(13,14)15/h1-6H. The van der Waals surface area contributed by atoms with E-state index in [1.54, 1.807) is 24.3 Å². The normalized spacial score (nSPS) is 11.3. The van der Waals surface area contributed by atoms with Crippen molar-refractivity contribution in [2.24, 2.45) is 0 Å². The second-order valence-electron chi connectivity index (χ2n) is 3.31. The zero-order chi connectivity index (χ0) is 13.2. The highest BCUT2D eigenvalue weighted by Crippen LogP contribution is 2.28. The van der Waals surface area contributed by atoms with Crippen LogP contribution in [0.1, 0.15) is 5.69 Å². The van der Waals surface area contributed by atoms with Gasteiger partial charge >= 0.3 is 6.18 Å². The molecule has 0 spiro atoms. The maximum Gasteiger partial charge on any atom is 0.435 e. The number of hydrogen-bond donors (Lipinski definition) is 0. The molecule has 2 rings (SSSR count). The monoisotopic (exact) mass is 318 g/mol. The fourth-order valence-corrected chi connectivity index (χ4v) is 1.41. The maximum absolute atomic E-state index is 12.2. The molecular formula is C11H6BrF3N2O. The molecule has 0 atom stereocenters. The van der Waals surface area contributed by atoms with E-state index in [0.29, 0.717) is 5.75 Å². The molecule has 1 heterocycles. The molecule has 0 unspecified atom stereocenters. The SMILES string of the molecule is FC(F)(F)c1ccc(Oc2ccc(Br)cc2)nn1. The van der Waals surface area contributed by atoms with E-state index in [1.807, 2.05) is 0 Å². The van der Waals surface area contributed by atoms with Crippen LogP contribution < -0.4 is 4.74 Å². The summed E-state index contributed by atoms with van der Waals surface area (Å²) in [4.78, 5) is 0. The average Bonchev–Trinajstić information content (AvgIpc) is 2.32. The number of benzene rings is 1. The van der Waals surface area contributed by atoms with Gasteiger partial charge in [0.1, 0.15) is 5.75 Å². The molecule has 94 valence electrons. The largest absolute Gasteiger partial charge is 0.438 e. The van der Waals surface area contributed by atoms with Crippen molar-refractivity contribution in [3.63, 3.8) is 0 Å². The van der Waals surface area contributed by atoms with E-state index < -0.39 is 11.9 Å². The van der Waals surface area contributed by atoms with Gasteiger partial charge in [0.15, 0.2) is 5.69 Å². The molecule has 1 aromatic carbocycles. The lowest BCUT2D eigenvalue weighted by Crippen LogP contribution is -2.08. The summed E-state index contributed by atoms with van der Waals surface area (Å²) < 4.78 is 42.8. The summed E-state index contributed by atoms with van der Waals surface area (Å²) in [5, 5.41) is 6.41. The highest BCUT2D eigenvalue weighted by Gasteiger charge is 2.32. The topological polar surface area (TPSA) is 35.0 Å². The molecule has 0 amide bonds. The van der Waals surface area contributed by atoms with Gasteiger partial charge in [-0.2, -0.15) is 13.2 Å². The van der Waals surface area contributed by atoms with Gasteiger partial charge in [-0.3, -0.25) is 0 Å².